The highest BCUT2D eigenvalue weighted by atomic mass is 127. The van der Waals surface area contributed by atoms with Crippen molar-refractivity contribution in [1.82, 2.24) is 14.3 Å². The van der Waals surface area contributed by atoms with Gasteiger partial charge in [0, 0.05) is 25.3 Å². The van der Waals surface area contributed by atoms with Crippen LogP contribution in [0, 0.1) is 3.57 Å². The number of aromatic nitrogens is 2. The molecule has 3 heterocycles. The molecule has 0 radical (unpaired) electrons. The van der Waals surface area contributed by atoms with Gasteiger partial charge in [-0.15, -0.1) is 0 Å². The molecule has 5 nitrogen and oxygen atoms in total. The van der Waals surface area contributed by atoms with Gasteiger partial charge in [0.25, 0.3) is 5.56 Å². The SMILES string of the molecule is CN1C[C@H](Nc2nc3ccccn3c(=O)c2I)C[C@H](c2ccccc2)C1. The fourth-order valence-electron chi connectivity index (χ4n) is 3.75. The van der Waals surface area contributed by atoms with E-state index in [1.807, 2.05) is 18.2 Å². The summed E-state index contributed by atoms with van der Waals surface area (Å²) in [5.74, 6) is 1.17. The highest BCUT2D eigenvalue weighted by molar-refractivity contribution is 14.1. The second-order valence-electron chi connectivity index (χ2n) is 6.91. The molecule has 1 saturated heterocycles. The van der Waals surface area contributed by atoms with Gasteiger partial charge in [0.1, 0.15) is 15.0 Å². The van der Waals surface area contributed by atoms with Crippen LogP contribution in [0.25, 0.3) is 5.65 Å². The minimum atomic E-state index is -0.0255. The molecule has 6 heteroatoms. The molecule has 0 amide bonds. The minimum Gasteiger partial charge on any atom is -0.365 e. The molecule has 1 N–H and O–H groups in total. The number of hydrogen-bond donors (Lipinski definition) is 1. The fraction of sp³-hybridized carbons (Fsp3) is 0.300. The normalized spacial score (nSPS) is 21.0. The predicted molar refractivity (Wildman–Crippen MR) is 113 cm³/mol. The molecule has 134 valence electrons. The van der Waals surface area contributed by atoms with Gasteiger partial charge in [0.2, 0.25) is 0 Å². The summed E-state index contributed by atoms with van der Waals surface area (Å²) in [6, 6.07) is 16.5. The maximum absolute atomic E-state index is 12.6. The number of nitrogens with one attached hydrogen (secondary N) is 1. The monoisotopic (exact) mass is 460 g/mol. The number of halogens is 1. The van der Waals surface area contributed by atoms with Crippen LogP contribution in [-0.2, 0) is 0 Å². The van der Waals surface area contributed by atoms with E-state index in [1.54, 1.807) is 10.6 Å². The number of likely N-dealkylation sites (tertiary alicyclic amines) is 1. The van der Waals surface area contributed by atoms with Gasteiger partial charge in [0.05, 0.1) is 0 Å². The number of benzene rings is 1. The molecule has 3 aromatic rings. The molecule has 0 unspecified atom stereocenters. The number of hydrogen-bond acceptors (Lipinski definition) is 4. The van der Waals surface area contributed by atoms with Crippen molar-refractivity contribution in [3.05, 3.63) is 74.2 Å². The molecule has 0 aliphatic carbocycles. The smallest absolute Gasteiger partial charge is 0.273 e. The molecule has 1 aliphatic heterocycles. The van der Waals surface area contributed by atoms with Gasteiger partial charge in [-0.1, -0.05) is 36.4 Å². The number of fused-ring (bicyclic) bond motifs is 1. The summed E-state index contributed by atoms with van der Waals surface area (Å²) in [6.45, 7) is 1.99. The molecule has 2 aromatic heterocycles. The summed E-state index contributed by atoms with van der Waals surface area (Å²) in [7, 11) is 2.15. The van der Waals surface area contributed by atoms with E-state index >= 15 is 0 Å². The van der Waals surface area contributed by atoms with Gasteiger partial charge in [-0.3, -0.25) is 9.20 Å². The molecular weight excluding hydrogens is 439 g/mol. The lowest BCUT2D eigenvalue weighted by Gasteiger charge is -2.36. The standard InChI is InChI=1S/C20H21IN4O/c1-24-12-15(14-7-3-2-4-8-14)11-16(13-24)22-19-18(21)20(26)25-10-6-5-9-17(25)23-19/h2-10,15-16,22H,11-13H2,1H3/t15-,16+/m0/s1. The van der Waals surface area contributed by atoms with E-state index < -0.39 is 0 Å². The average Bonchev–Trinajstić information content (AvgIpc) is 2.66. The molecule has 1 fully saturated rings. The summed E-state index contributed by atoms with van der Waals surface area (Å²) in [5, 5.41) is 3.54. The first-order valence-electron chi connectivity index (χ1n) is 8.79. The van der Waals surface area contributed by atoms with Gasteiger partial charge in [0.15, 0.2) is 0 Å². The highest BCUT2D eigenvalue weighted by Gasteiger charge is 2.27. The van der Waals surface area contributed by atoms with Crippen LogP contribution in [0.15, 0.2) is 59.5 Å². The Morgan fingerprint density at radius 2 is 1.88 bits per heavy atom. The van der Waals surface area contributed by atoms with Crippen LogP contribution >= 0.6 is 22.6 Å². The van der Waals surface area contributed by atoms with Crippen molar-refractivity contribution < 1.29 is 0 Å². The molecule has 1 aromatic carbocycles. The summed E-state index contributed by atoms with van der Waals surface area (Å²) in [4.78, 5) is 19.6. The van der Waals surface area contributed by atoms with Crippen LogP contribution < -0.4 is 10.9 Å². The fourth-order valence-corrected chi connectivity index (χ4v) is 4.28. The van der Waals surface area contributed by atoms with Crippen LogP contribution in [-0.4, -0.2) is 40.5 Å². The zero-order chi connectivity index (χ0) is 18.1. The van der Waals surface area contributed by atoms with Crippen LogP contribution in [0.3, 0.4) is 0 Å². The van der Waals surface area contributed by atoms with Crippen LogP contribution in [0.4, 0.5) is 5.82 Å². The third kappa shape index (κ3) is 3.48. The van der Waals surface area contributed by atoms with E-state index in [0.717, 1.165) is 19.5 Å². The number of piperidine rings is 1. The lowest BCUT2D eigenvalue weighted by molar-refractivity contribution is 0.235. The molecule has 0 saturated carbocycles. The van der Waals surface area contributed by atoms with Gasteiger partial charge in [-0.05, 0) is 59.7 Å². The molecule has 0 bridgehead atoms. The molecule has 0 spiro atoms. The first-order chi connectivity index (χ1) is 12.6. The van der Waals surface area contributed by atoms with E-state index in [1.165, 1.54) is 5.56 Å². The second kappa shape index (κ2) is 7.36. The zero-order valence-electron chi connectivity index (χ0n) is 14.6. The Balaban J connectivity index is 1.61. The maximum Gasteiger partial charge on any atom is 0.273 e. The number of nitrogens with zero attached hydrogens (tertiary/aromatic N) is 3. The average molecular weight is 460 g/mol. The van der Waals surface area contributed by atoms with Gasteiger partial charge < -0.3 is 10.2 Å². The predicted octanol–water partition coefficient (Wildman–Crippen LogP) is 3.20. The lowest BCUT2D eigenvalue weighted by Crippen LogP contribution is -2.44. The van der Waals surface area contributed by atoms with Crippen molar-refractivity contribution in [2.45, 2.75) is 18.4 Å². The molecule has 26 heavy (non-hydrogen) atoms. The highest BCUT2D eigenvalue weighted by Crippen LogP contribution is 2.28. The summed E-state index contributed by atoms with van der Waals surface area (Å²) >= 11 is 2.10. The Kier molecular flexibility index (Phi) is 4.95. The second-order valence-corrected chi connectivity index (χ2v) is 7.99. The van der Waals surface area contributed by atoms with Crippen LogP contribution in [0.2, 0.25) is 0 Å². The number of anilines is 1. The summed E-state index contributed by atoms with van der Waals surface area (Å²) in [6.07, 6.45) is 2.79. The van der Waals surface area contributed by atoms with Crippen LogP contribution in [0.5, 0.6) is 0 Å². The minimum absolute atomic E-state index is 0.0255. The third-order valence-electron chi connectivity index (χ3n) is 4.92. The Morgan fingerprint density at radius 1 is 1.12 bits per heavy atom. The Hall–Kier alpha value is -1.93. The third-order valence-corrected chi connectivity index (χ3v) is 5.90. The van der Waals surface area contributed by atoms with Crippen molar-refractivity contribution in [1.29, 1.82) is 0 Å². The first kappa shape index (κ1) is 17.5. The molecule has 1 aliphatic rings. The topological polar surface area (TPSA) is 49.6 Å². The van der Waals surface area contributed by atoms with Gasteiger partial charge in [-0.2, -0.15) is 0 Å². The van der Waals surface area contributed by atoms with Crippen molar-refractivity contribution in [2.24, 2.45) is 0 Å². The Bertz CT molecular complexity index is 972. The molecule has 4 rings (SSSR count). The first-order valence-corrected chi connectivity index (χ1v) is 9.86. The number of pyridine rings is 1. The van der Waals surface area contributed by atoms with Crippen molar-refractivity contribution in [2.75, 3.05) is 25.5 Å². The number of likely N-dealkylation sites (N-methyl/N-ethyl adjacent to an activating group) is 1. The largest absolute Gasteiger partial charge is 0.365 e. The van der Waals surface area contributed by atoms with E-state index in [9.17, 15) is 4.79 Å². The van der Waals surface area contributed by atoms with E-state index in [-0.39, 0.29) is 11.6 Å². The van der Waals surface area contributed by atoms with Gasteiger partial charge >= 0.3 is 0 Å². The number of rotatable bonds is 3. The molecule has 2 atom stereocenters. The summed E-state index contributed by atoms with van der Waals surface area (Å²) in [5.41, 5.74) is 2.01. The lowest BCUT2D eigenvalue weighted by atomic mass is 9.88. The Morgan fingerprint density at radius 3 is 2.69 bits per heavy atom. The Labute approximate surface area is 166 Å². The van der Waals surface area contributed by atoms with E-state index in [0.29, 0.717) is 21.0 Å². The summed E-state index contributed by atoms with van der Waals surface area (Å²) < 4.78 is 2.22. The maximum atomic E-state index is 12.6. The van der Waals surface area contributed by atoms with E-state index in [4.69, 9.17) is 0 Å². The van der Waals surface area contributed by atoms with Gasteiger partial charge in [-0.25, -0.2) is 4.98 Å². The quantitative estimate of drug-likeness (QED) is 0.611. The zero-order valence-corrected chi connectivity index (χ0v) is 16.8. The van der Waals surface area contributed by atoms with E-state index in [2.05, 4.69) is 75.2 Å². The van der Waals surface area contributed by atoms with Crippen molar-refractivity contribution >= 4 is 34.1 Å². The van der Waals surface area contributed by atoms with Crippen LogP contribution in [0.1, 0.15) is 17.9 Å². The van der Waals surface area contributed by atoms with Crippen molar-refractivity contribution in [3.63, 3.8) is 0 Å². The van der Waals surface area contributed by atoms with Crippen molar-refractivity contribution in [3.8, 4) is 0 Å². The molecular formula is C20H21IN4O.